The van der Waals surface area contributed by atoms with E-state index in [1.807, 2.05) is 45.0 Å². The van der Waals surface area contributed by atoms with E-state index in [0.29, 0.717) is 15.8 Å². The van der Waals surface area contributed by atoms with Crippen molar-refractivity contribution >= 4 is 23.2 Å². The fraction of sp³-hybridized carbons (Fsp3) is 0.250. The first-order chi connectivity index (χ1) is 9.38. The second-order valence-electron chi connectivity index (χ2n) is 4.94. The SMILES string of the molecule is Cc1cc(Cl)cc(C)c1Oc1ccc(C(C)N)c(Cl)c1. The predicted molar refractivity (Wildman–Crippen MR) is 85.1 cm³/mol. The van der Waals surface area contributed by atoms with Crippen molar-refractivity contribution in [1.29, 1.82) is 0 Å². The molecule has 0 fully saturated rings. The average Bonchev–Trinajstić information content (AvgIpc) is 2.33. The Morgan fingerprint density at radius 2 is 1.65 bits per heavy atom. The zero-order valence-corrected chi connectivity index (χ0v) is 13.2. The van der Waals surface area contributed by atoms with E-state index in [9.17, 15) is 0 Å². The number of halogens is 2. The topological polar surface area (TPSA) is 35.2 Å². The van der Waals surface area contributed by atoms with Crippen LogP contribution in [-0.4, -0.2) is 0 Å². The quantitative estimate of drug-likeness (QED) is 0.821. The van der Waals surface area contributed by atoms with Crippen LogP contribution in [0.25, 0.3) is 0 Å². The summed E-state index contributed by atoms with van der Waals surface area (Å²) in [7, 11) is 0. The van der Waals surface area contributed by atoms with E-state index in [1.165, 1.54) is 0 Å². The Balaban J connectivity index is 2.34. The summed E-state index contributed by atoms with van der Waals surface area (Å²) in [5.74, 6) is 1.49. The first-order valence-electron chi connectivity index (χ1n) is 6.38. The van der Waals surface area contributed by atoms with E-state index >= 15 is 0 Å². The van der Waals surface area contributed by atoms with E-state index in [4.69, 9.17) is 33.7 Å². The van der Waals surface area contributed by atoms with Gasteiger partial charge in [0.05, 0.1) is 0 Å². The Labute approximate surface area is 129 Å². The maximum absolute atomic E-state index is 6.21. The van der Waals surface area contributed by atoms with Crippen LogP contribution in [0.4, 0.5) is 0 Å². The molecule has 0 saturated heterocycles. The summed E-state index contributed by atoms with van der Waals surface area (Å²) in [5.41, 5.74) is 8.72. The second-order valence-corrected chi connectivity index (χ2v) is 5.79. The Bertz CT molecular complexity index is 615. The molecular weight excluding hydrogens is 293 g/mol. The zero-order valence-electron chi connectivity index (χ0n) is 11.7. The highest BCUT2D eigenvalue weighted by molar-refractivity contribution is 6.31. The van der Waals surface area contributed by atoms with Crippen LogP contribution in [0, 0.1) is 13.8 Å². The van der Waals surface area contributed by atoms with Gasteiger partial charge in [0, 0.05) is 16.1 Å². The van der Waals surface area contributed by atoms with Crippen LogP contribution in [-0.2, 0) is 0 Å². The molecule has 1 unspecified atom stereocenters. The fourth-order valence-electron chi connectivity index (χ4n) is 2.12. The van der Waals surface area contributed by atoms with Gasteiger partial charge in [0.15, 0.2) is 0 Å². The van der Waals surface area contributed by atoms with Crippen LogP contribution in [0.15, 0.2) is 30.3 Å². The van der Waals surface area contributed by atoms with Gasteiger partial charge in [-0.1, -0.05) is 29.3 Å². The lowest BCUT2D eigenvalue weighted by Gasteiger charge is -2.14. The van der Waals surface area contributed by atoms with E-state index in [1.54, 1.807) is 6.07 Å². The van der Waals surface area contributed by atoms with Crippen molar-refractivity contribution in [3.63, 3.8) is 0 Å². The Morgan fingerprint density at radius 3 is 2.15 bits per heavy atom. The van der Waals surface area contributed by atoms with Gasteiger partial charge in [0.2, 0.25) is 0 Å². The summed E-state index contributed by atoms with van der Waals surface area (Å²) >= 11 is 12.2. The van der Waals surface area contributed by atoms with Crippen molar-refractivity contribution in [3.8, 4) is 11.5 Å². The Morgan fingerprint density at radius 1 is 1.05 bits per heavy atom. The summed E-state index contributed by atoms with van der Waals surface area (Å²) in [6, 6.07) is 9.20. The van der Waals surface area contributed by atoms with Gasteiger partial charge in [-0.2, -0.15) is 0 Å². The van der Waals surface area contributed by atoms with Crippen LogP contribution < -0.4 is 10.5 Å². The lowest BCUT2D eigenvalue weighted by molar-refractivity contribution is 0.475. The van der Waals surface area contributed by atoms with Gasteiger partial charge < -0.3 is 10.5 Å². The molecule has 0 aliphatic heterocycles. The standard InChI is InChI=1S/C16H17Cl2NO/c1-9-6-12(17)7-10(2)16(9)20-13-4-5-14(11(3)19)15(18)8-13/h4-8,11H,19H2,1-3H3. The predicted octanol–water partition coefficient (Wildman–Crippen LogP) is 5.42. The molecule has 2 nitrogen and oxygen atoms in total. The van der Waals surface area contributed by atoms with Crippen molar-refractivity contribution in [2.24, 2.45) is 5.73 Å². The molecule has 0 amide bonds. The molecule has 106 valence electrons. The minimum absolute atomic E-state index is 0.101. The number of hydrogen-bond donors (Lipinski definition) is 1. The summed E-state index contributed by atoms with van der Waals surface area (Å²) in [6.45, 7) is 5.83. The van der Waals surface area contributed by atoms with Crippen molar-refractivity contribution in [1.82, 2.24) is 0 Å². The van der Waals surface area contributed by atoms with Gasteiger partial charge in [-0.25, -0.2) is 0 Å². The number of nitrogens with two attached hydrogens (primary N) is 1. The third kappa shape index (κ3) is 3.26. The third-order valence-corrected chi connectivity index (χ3v) is 3.65. The van der Waals surface area contributed by atoms with Gasteiger partial charge >= 0.3 is 0 Å². The fourth-order valence-corrected chi connectivity index (χ4v) is 2.79. The van der Waals surface area contributed by atoms with E-state index in [2.05, 4.69) is 0 Å². The van der Waals surface area contributed by atoms with Crippen LogP contribution in [0.3, 0.4) is 0 Å². The Kier molecular flexibility index (Phi) is 4.59. The molecular formula is C16H17Cl2NO. The van der Waals surface area contributed by atoms with Gasteiger partial charge in [-0.15, -0.1) is 0 Å². The maximum Gasteiger partial charge on any atom is 0.133 e. The lowest BCUT2D eigenvalue weighted by Crippen LogP contribution is -2.05. The van der Waals surface area contributed by atoms with Crippen molar-refractivity contribution in [3.05, 3.63) is 57.1 Å². The molecule has 1 atom stereocenters. The van der Waals surface area contributed by atoms with Crippen LogP contribution in [0.5, 0.6) is 11.5 Å². The van der Waals surface area contributed by atoms with Gasteiger partial charge in [0.1, 0.15) is 11.5 Å². The minimum Gasteiger partial charge on any atom is -0.457 e. The molecule has 0 heterocycles. The molecule has 0 saturated carbocycles. The number of hydrogen-bond acceptors (Lipinski definition) is 2. The molecule has 4 heteroatoms. The molecule has 0 radical (unpaired) electrons. The summed E-state index contributed by atoms with van der Waals surface area (Å²) < 4.78 is 5.93. The highest BCUT2D eigenvalue weighted by Gasteiger charge is 2.10. The first kappa shape index (κ1) is 15.2. The molecule has 20 heavy (non-hydrogen) atoms. The molecule has 2 rings (SSSR count). The average molecular weight is 310 g/mol. The molecule has 2 N–H and O–H groups in total. The van der Waals surface area contributed by atoms with Crippen LogP contribution in [0.2, 0.25) is 10.0 Å². The molecule has 2 aromatic rings. The molecule has 0 aliphatic carbocycles. The third-order valence-electron chi connectivity index (χ3n) is 3.11. The van der Waals surface area contributed by atoms with Crippen molar-refractivity contribution in [2.45, 2.75) is 26.8 Å². The zero-order chi connectivity index (χ0) is 14.9. The van der Waals surface area contributed by atoms with Crippen LogP contribution in [0.1, 0.15) is 29.7 Å². The number of benzene rings is 2. The largest absolute Gasteiger partial charge is 0.457 e. The van der Waals surface area contributed by atoms with Crippen molar-refractivity contribution in [2.75, 3.05) is 0 Å². The van der Waals surface area contributed by atoms with Crippen LogP contribution >= 0.6 is 23.2 Å². The smallest absolute Gasteiger partial charge is 0.133 e. The van der Waals surface area contributed by atoms with Gasteiger partial charge in [-0.3, -0.25) is 0 Å². The normalized spacial score (nSPS) is 12.3. The van der Waals surface area contributed by atoms with Crippen molar-refractivity contribution < 1.29 is 4.74 Å². The summed E-state index contributed by atoms with van der Waals surface area (Å²) in [4.78, 5) is 0. The molecule has 0 spiro atoms. The van der Waals surface area contributed by atoms with E-state index in [-0.39, 0.29) is 6.04 Å². The lowest BCUT2D eigenvalue weighted by atomic mass is 10.1. The monoisotopic (exact) mass is 309 g/mol. The highest BCUT2D eigenvalue weighted by Crippen LogP contribution is 2.33. The highest BCUT2D eigenvalue weighted by atomic mass is 35.5. The molecule has 0 bridgehead atoms. The minimum atomic E-state index is -0.101. The summed E-state index contributed by atoms with van der Waals surface area (Å²) in [5, 5.41) is 1.32. The van der Waals surface area contributed by atoms with E-state index < -0.39 is 0 Å². The Hall–Kier alpha value is -1.22. The van der Waals surface area contributed by atoms with Gasteiger partial charge in [0.25, 0.3) is 0 Å². The summed E-state index contributed by atoms with van der Waals surface area (Å²) in [6.07, 6.45) is 0. The molecule has 0 aliphatic rings. The molecule has 2 aromatic carbocycles. The van der Waals surface area contributed by atoms with Gasteiger partial charge in [-0.05, 0) is 61.7 Å². The number of ether oxygens (including phenoxy) is 1. The number of aryl methyl sites for hydroxylation is 2. The molecule has 0 aromatic heterocycles. The first-order valence-corrected chi connectivity index (χ1v) is 7.13. The van der Waals surface area contributed by atoms with E-state index in [0.717, 1.165) is 22.4 Å². The number of rotatable bonds is 3. The second kappa shape index (κ2) is 6.04. The maximum atomic E-state index is 6.21.